The van der Waals surface area contributed by atoms with Gasteiger partial charge in [0.1, 0.15) is 0 Å². The van der Waals surface area contributed by atoms with Crippen molar-refractivity contribution >= 4 is 29.3 Å². The van der Waals surface area contributed by atoms with Crippen molar-refractivity contribution in [1.82, 2.24) is 0 Å². The monoisotopic (exact) mass is 443 g/mol. The average Bonchev–Trinajstić information content (AvgIpc) is 3.20. The van der Waals surface area contributed by atoms with Crippen LogP contribution in [-0.2, 0) is 14.3 Å². The Morgan fingerprint density at radius 3 is 2.71 bits per heavy atom. The van der Waals surface area contributed by atoms with E-state index in [1.54, 1.807) is 42.1 Å². The quantitative estimate of drug-likeness (QED) is 0.513. The highest BCUT2D eigenvalue weighted by Gasteiger charge is 2.19. The fraction of sp³-hybridized carbons (Fsp3) is 0.391. The topological polar surface area (TPSA) is 83.1 Å². The normalized spacial score (nSPS) is 17.6. The smallest absolute Gasteiger partial charge is 0.339 e. The van der Waals surface area contributed by atoms with Gasteiger partial charge < -0.3 is 24.3 Å². The molecule has 1 saturated heterocycles. The van der Waals surface area contributed by atoms with Crippen molar-refractivity contribution in [2.24, 2.45) is 0 Å². The van der Waals surface area contributed by atoms with Crippen LogP contribution in [0.3, 0.4) is 0 Å². The van der Waals surface area contributed by atoms with Gasteiger partial charge in [-0.1, -0.05) is 12.1 Å². The predicted octanol–water partition coefficient (Wildman–Crippen LogP) is 3.91. The van der Waals surface area contributed by atoms with E-state index in [2.05, 4.69) is 5.32 Å². The Hall–Kier alpha value is -2.71. The molecule has 2 aromatic carbocycles. The van der Waals surface area contributed by atoms with Crippen molar-refractivity contribution in [3.05, 3.63) is 48.0 Å². The first-order valence-electron chi connectivity index (χ1n) is 10.4. The van der Waals surface area contributed by atoms with Crippen molar-refractivity contribution in [2.75, 3.05) is 37.5 Å². The lowest BCUT2D eigenvalue weighted by molar-refractivity contribution is -0.119. The largest absolute Gasteiger partial charge is 0.490 e. The van der Waals surface area contributed by atoms with E-state index < -0.39 is 11.9 Å². The molecule has 31 heavy (non-hydrogen) atoms. The zero-order valence-electron chi connectivity index (χ0n) is 17.1. The number of carbonyl (C=O) groups excluding carboxylic acids is 2. The molecule has 1 amide bonds. The molecule has 8 heteroatoms. The van der Waals surface area contributed by atoms with Crippen LogP contribution in [0.15, 0.2) is 47.4 Å². The van der Waals surface area contributed by atoms with E-state index >= 15 is 0 Å². The fourth-order valence-corrected chi connectivity index (χ4v) is 4.48. The summed E-state index contributed by atoms with van der Waals surface area (Å²) in [6, 6.07) is 12.4. The third-order valence-electron chi connectivity index (χ3n) is 4.92. The molecule has 164 valence electrons. The lowest BCUT2D eigenvalue weighted by Gasteiger charge is -2.12. The van der Waals surface area contributed by atoms with Gasteiger partial charge in [0, 0.05) is 35.4 Å². The highest BCUT2D eigenvalue weighted by Crippen LogP contribution is 2.32. The van der Waals surface area contributed by atoms with E-state index in [1.165, 1.54) is 0 Å². The molecule has 2 aromatic rings. The molecule has 0 bridgehead atoms. The molecule has 2 aliphatic rings. The van der Waals surface area contributed by atoms with Gasteiger partial charge in [-0.2, -0.15) is 0 Å². The molecular weight excluding hydrogens is 418 g/mol. The van der Waals surface area contributed by atoms with Crippen LogP contribution in [0.1, 0.15) is 29.6 Å². The first-order chi connectivity index (χ1) is 15.2. The number of hydrogen-bond donors (Lipinski definition) is 1. The summed E-state index contributed by atoms with van der Waals surface area (Å²) >= 11 is 1.57. The van der Waals surface area contributed by atoms with Crippen LogP contribution in [0.25, 0.3) is 0 Å². The molecule has 0 saturated carbocycles. The third kappa shape index (κ3) is 5.92. The van der Waals surface area contributed by atoms with E-state index in [0.717, 1.165) is 36.5 Å². The lowest BCUT2D eigenvalue weighted by atomic mass is 10.2. The molecule has 0 spiro atoms. The molecule has 4 rings (SSSR count). The van der Waals surface area contributed by atoms with Crippen molar-refractivity contribution in [3.63, 3.8) is 0 Å². The number of amides is 1. The van der Waals surface area contributed by atoms with Crippen LogP contribution in [0.4, 0.5) is 5.69 Å². The second-order valence-electron chi connectivity index (χ2n) is 7.28. The summed E-state index contributed by atoms with van der Waals surface area (Å²) in [6.45, 7) is 1.58. The standard InChI is InChI=1S/C23H25NO6S/c25-22(24-16-8-9-19-20(13-16)29-12-4-11-28-19)14-30-23(26)18-6-1-2-7-21(18)31-15-17-5-3-10-27-17/h1-2,6-9,13,17H,3-5,10-12,14-15H2,(H,24,25). The maximum atomic E-state index is 12.6. The molecule has 2 aliphatic heterocycles. The molecule has 1 N–H and O–H groups in total. The van der Waals surface area contributed by atoms with Crippen LogP contribution in [0, 0.1) is 0 Å². The second kappa shape index (κ2) is 10.5. The first kappa shape index (κ1) is 21.5. The fourth-order valence-electron chi connectivity index (χ4n) is 3.37. The number of fused-ring (bicyclic) bond motifs is 1. The molecular formula is C23H25NO6S. The molecule has 7 nitrogen and oxygen atoms in total. The summed E-state index contributed by atoms with van der Waals surface area (Å²) in [6.07, 6.45) is 3.14. The van der Waals surface area contributed by atoms with E-state index in [9.17, 15) is 9.59 Å². The summed E-state index contributed by atoms with van der Waals surface area (Å²) in [5.74, 6) is 1.08. The van der Waals surface area contributed by atoms with E-state index in [4.69, 9.17) is 18.9 Å². The van der Waals surface area contributed by atoms with Gasteiger partial charge in [0.05, 0.1) is 24.9 Å². The number of ether oxygens (including phenoxy) is 4. The molecule has 1 atom stereocenters. The SMILES string of the molecule is O=C(COC(=O)c1ccccc1SCC1CCCO1)Nc1ccc2c(c1)OCCCO2. The minimum absolute atomic E-state index is 0.218. The highest BCUT2D eigenvalue weighted by atomic mass is 32.2. The zero-order chi connectivity index (χ0) is 21.5. The number of thioether (sulfide) groups is 1. The molecule has 1 fully saturated rings. The van der Waals surface area contributed by atoms with Crippen molar-refractivity contribution in [3.8, 4) is 11.5 Å². The Morgan fingerprint density at radius 2 is 1.87 bits per heavy atom. The van der Waals surface area contributed by atoms with Gasteiger partial charge >= 0.3 is 5.97 Å². The molecule has 2 heterocycles. The van der Waals surface area contributed by atoms with E-state index in [0.29, 0.717) is 36.0 Å². The van der Waals surface area contributed by atoms with E-state index in [1.807, 2.05) is 12.1 Å². The minimum atomic E-state index is -0.524. The Labute approximate surface area is 185 Å². The van der Waals surface area contributed by atoms with Crippen LogP contribution in [0.2, 0.25) is 0 Å². The third-order valence-corrected chi connectivity index (χ3v) is 6.13. The van der Waals surface area contributed by atoms with E-state index in [-0.39, 0.29) is 12.7 Å². The summed E-state index contributed by atoms with van der Waals surface area (Å²) in [5.41, 5.74) is 1.01. The van der Waals surface area contributed by atoms with Crippen LogP contribution in [-0.4, -0.2) is 50.2 Å². The van der Waals surface area contributed by atoms with Gasteiger partial charge in [0.25, 0.3) is 5.91 Å². The first-order valence-corrected chi connectivity index (χ1v) is 11.4. The highest BCUT2D eigenvalue weighted by molar-refractivity contribution is 7.99. The number of rotatable bonds is 7. The number of nitrogens with one attached hydrogen (secondary N) is 1. The summed E-state index contributed by atoms with van der Waals surface area (Å²) in [5, 5.41) is 2.72. The Bertz CT molecular complexity index is 928. The van der Waals surface area contributed by atoms with Crippen molar-refractivity contribution in [1.29, 1.82) is 0 Å². The number of anilines is 1. The summed E-state index contributed by atoms with van der Waals surface area (Å²) in [7, 11) is 0. The van der Waals surface area contributed by atoms with Crippen LogP contribution >= 0.6 is 11.8 Å². The zero-order valence-corrected chi connectivity index (χ0v) is 17.9. The van der Waals surface area contributed by atoms with Crippen molar-refractivity contribution in [2.45, 2.75) is 30.3 Å². The van der Waals surface area contributed by atoms with Gasteiger partial charge in [0.15, 0.2) is 18.1 Å². The minimum Gasteiger partial charge on any atom is -0.490 e. The maximum Gasteiger partial charge on any atom is 0.339 e. The number of esters is 1. The number of carbonyl (C=O) groups is 2. The number of hydrogen-bond acceptors (Lipinski definition) is 7. The predicted molar refractivity (Wildman–Crippen MR) is 117 cm³/mol. The Morgan fingerprint density at radius 1 is 1.03 bits per heavy atom. The van der Waals surface area contributed by atoms with Gasteiger partial charge in [-0.25, -0.2) is 4.79 Å². The lowest BCUT2D eigenvalue weighted by Crippen LogP contribution is -2.21. The van der Waals surface area contributed by atoms with Gasteiger partial charge in [-0.3, -0.25) is 4.79 Å². The van der Waals surface area contributed by atoms with Gasteiger partial charge in [0.2, 0.25) is 0 Å². The summed E-state index contributed by atoms with van der Waals surface area (Å²) < 4.78 is 22.1. The number of benzene rings is 2. The average molecular weight is 444 g/mol. The Balaban J connectivity index is 1.30. The maximum absolute atomic E-state index is 12.6. The van der Waals surface area contributed by atoms with Crippen molar-refractivity contribution < 1.29 is 28.5 Å². The molecule has 0 aliphatic carbocycles. The Kier molecular flexibility index (Phi) is 7.32. The van der Waals surface area contributed by atoms with Crippen LogP contribution in [0.5, 0.6) is 11.5 Å². The molecule has 0 radical (unpaired) electrons. The summed E-state index contributed by atoms with van der Waals surface area (Å²) in [4.78, 5) is 25.7. The van der Waals surface area contributed by atoms with Gasteiger partial charge in [-0.05, 0) is 37.1 Å². The molecule has 1 unspecified atom stereocenters. The van der Waals surface area contributed by atoms with Crippen LogP contribution < -0.4 is 14.8 Å². The molecule has 0 aromatic heterocycles. The second-order valence-corrected chi connectivity index (χ2v) is 8.34. The van der Waals surface area contributed by atoms with Gasteiger partial charge in [-0.15, -0.1) is 11.8 Å².